The maximum Gasteiger partial charge on any atom is 0.335 e. The minimum absolute atomic E-state index is 0.0260. The fourth-order valence-electron chi connectivity index (χ4n) is 9.74. The number of aliphatic imine (C=N–C) groups is 1. The van der Waals surface area contributed by atoms with Crippen molar-refractivity contribution in [2.24, 2.45) is 33.6 Å². The molecule has 10 heteroatoms. The molecule has 2 heterocycles. The number of ketones is 1. The summed E-state index contributed by atoms with van der Waals surface area (Å²) >= 11 is 0. The Morgan fingerprint density at radius 2 is 2.02 bits per heavy atom. The lowest BCUT2D eigenvalue weighted by molar-refractivity contribution is -0.156. The van der Waals surface area contributed by atoms with Gasteiger partial charge in [0.1, 0.15) is 6.10 Å². The van der Waals surface area contributed by atoms with Gasteiger partial charge in [-0.2, -0.15) is 5.10 Å². The van der Waals surface area contributed by atoms with Gasteiger partial charge in [0.2, 0.25) is 5.78 Å². The number of carbonyl (C=O) groups excluding carboxylic acids is 2. The van der Waals surface area contributed by atoms with Gasteiger partial charge in [-0.05, 0) is 85.1 Å². The molecule has 3 saturated carbocycles. The number of aromatic carboxylic acids is 1. The van der Waals surface area contributed by atoms with Crippen molar-refractivity contribution in [3.05, 3.63) is 52.9 Å². The van der Waals surface area contributed by atoms with Gasteiger partial charge >= 0.3 is 11.9 Å². The van der Waals surface area contributed by atoms with Crippen molar-refractivity contribution in [2.75, 3.05) is 6.61 Å². The summed E-state index contributed by atoms with van der Waals surface area (Å²) in [5.74, 6) is -1.07. The molecule has 4 aliphatic carbocycles. The van der Waals surface area contributed by atoms with Crippen LogP contribution in [0.3, 0.4) is 0 Å². The first-order chi connectivity index (χ1) is 20.4. The summed E-state index contributed by atoms with van der Waals surface area (Å²) in [6, 6.07) is 6.74. The first-order valence-electron chi connectivity index (χ1n) is 15.1. The lowest BCUT2D eigenvalue weighted by atomic mass is 9.45. The summed E-state index contributed by atoms with van der Waals surface area (Å²) in [5, 5.41) is 26.3. The Morgan fingerprint density at radius 1 is 1.23 bits per heavy atom. The van der Waals surface area contributed by atoms with E-state index in [9.17, 15) is 24.6 Å². The van der Waals surface area contributed by atoms with Gasteiger partial charge in [-0.25, -0.2) is 14.5 Å². The third-order valence-electron chi connectivity index (χ3n) is 11.4. The highest BCUT2D eigenvalue weighted by atomic mass is 16.5. The molecule has 0 saturated heterocycles. The molecule has 1 aromatic carbocycles. The fraction of sp³-hybridized carbons (Fsp3) is 0.545. The number of carbonyl (C=O) groups is 3. The van der Waals surface area contributed by atoms with Crippen molar-refractivity contribution in [3.63, 3.8) is 0 Å². The molecule has 10 nitrogen and oxygen atoms in total. The minimum Gasteiger partial charge on any atom is -0.478 e. The van der Waals surface area contributed by atoms with Crippen LogP contribution in [0.15, 0.2) is 41.0 Å². The number of aromatic nitrogens is 2. The summed E-state index contributed by atoms with van der Waals surface area (Å²) in [6.45, 7) is 7.02. The molecule has 5 aliphatic rings. The zero-order valence-electron chi connectivity index (χ0n) is 24.9. The standard InChI is InChI=1S/C33H37N3O7/c1-17-34-33(27(39)16-42-18(2)37)28(43-17)12-24-23-9-8-21-11-25-20(13-31(21,3)29(23)26(38)14-32(24,33)4)15-36(35-25)22-7-5-6-19(10-22)30(40)41/h5-7,10-11,15,23-24,26,28-29,38H,8-9,12-14,16H2,1-4H3,(H,40,41)/t23-,24-,26-,28+,29+,31-,32-,33+/m0/s1. The van der Waals surface area contributed by atoms with E-state index in [1.54, 1.807) is 29.8 Å². The van der Waals surface area contributed by atoms with Crippen LogP contribution in [0.5, 0.6) is 0 Å². The van der Waals surface area contributed by atoms with Gasteiger partial charge in [0, 0.05) is 25.5 Å². The van der Waals surface area contributed by atoms with Gasteiger partial charge in [-0.15, -0.1) is 0 Å². The number of allylic oxidation sites excluding steroid dienone is 1. The largest absolute Gasteiger partial charge is 0.478 e. The summed E-state index contributed by atoms with van der Waals surface area (Å²) in [6.07, 6.45) is 6.54. The normalized spacial score (nSPS) is 37.0. The van der Waals surface area contributed by atoms with Crippen LogP contribution < -0.4 is 0 Å². The van der Waals surface area contributed by atoms with Gasteiger partial charge < -0.3 is 19.7 Å². The summed E-state index contributed by atoms with van der Waals surface area (Å²) < 4.78 is 13.1. The summed E-state index contributed by atoms with van der Waals surface area (Å²) in [5.41, 5.74) is 1.96. The molecule has 7 rings (SSSR count). The number of aliphatic hydroxyl groups is 1. The average molecular weight is 588 g/mol. The van der Waals surface area contributed by atoms with E-state index in [4.69, 9.17) is 19.6 Å². The Labute approximate surface area is 249 Å². The van der Waals surface area contributed by atoms with Crippen LogP contribution in [0.1, 0.15) is 75.0 Å². The monoisotopic (exact) mass is 587 g/mol. The molecule has 226 valence electrons. The van der Waals surface area contributed by atoms with Gasteiger partial charge in [-0.1, -0.05) is 25.5 Å². The number of benzene rings is 1. The second-order valence-electron chi connectivity index (χ2n) is 13.6. The number of ether oxygens (including phenoxy) is 2. The number of carboxylic acids is 1. The maximum absolute atomic E-state index is 13.8. The third kappa shape index (κ3) is 3.84. The van der Waals surface area contributed by atoms with Crippen molar-refractivity contribution in [2.45, 2.75) is 77.5 Å². The predicted molar refractivity (Wildman–Crippen MR) is 156 cm³/mol. The number of carboxylic acid groups (broad SMARTS) is 1. The zero-order chi connectivity index (χ0) is 30.5. The SMILES string of the molecule is CC(=O)OCC(=O)[C@@]12N=C(C)O[C@@H]1C[C@H]1[C@@H]3CCC4=Cc5nn(-c6cccc(C(=O)O)c6)cc5C[C@]4(C)[C@H]3[C@@H](O)C[C@@]12C. The predicted octanol–water partition coefficient (Wildman–Crippen LogP) is 4.02. The van der Waals surface area contributed by atoms with Crippen molar-refractivity contribution < 1.29 is 34.1 Å². The molecule has 3 fully saturated rings. The number of rotatable bonds is 5. The Kier molecular flexibility index (Phi) is 6.09. The summed E-state index contributed by atoms with van der Waals surface area (Å²) in [4.78, 5) is 41.8. The quantitative estimate of drug-likeness (QED) is 0.500. The van der Waals surface area contributed by atoms with Crippen LogP contribution in [0.25, 0.3) is 11.8 Å². The van der Waals surface area contributed by atoms with Gasteiger partial charge in [-0.3, -0.25) is 9.59 Å². The lowest BCUT2D eigenvalue weighted by Gasteiger charge is -2.60. The van der Waals surface area contributed by atoms with Crippen molar-refractivity contribution >= 4 is 29.7 Å². The number of hydrogen-bond acceptors (Lipinski definition) is 8. The van der Waals surface area contributed by atoms with E-state index in [0.29, 0.717) is 30.8 Å². The molecule has 1 aliphatic heterocycles. The van der Waals surface area contributed by atoms with Gasteiger partial charge in [0.25, 0.3) is 0 Å². The molecular formula is C33H37N3O7. The van der Waals surface area contributed by atoms with E-state index in [1.165, 1.54) is 12.5 Å². The third-order valence-corrected chi connectivity index (χ3v) is 11.4. The second-order valence-corrected chi connectivity index (χ2v) is 13.6. The molecule has 0 unspecified atom stereocenters. The number of aliphatic hydroxyl groups excluding tert-OH is 1. The highest BCUT2D eigenvalue weighted by Gasteiger charge is 2.74. The Balaban J connectivity index is 1.22. The van der Waals surface area contributed by atoms with E-state index >= 15 is 0 Å². The topological polar surface area (TPSA) is 140 Å². The van der Waals surface area contributed by atoms with Crippen LogP contribution in [0.4, 0.5) is 0 Å². The lowest BCUT2D eigenvalue weighted by Crippen LogP contribution is -2.62. The number of fused-ring (bicyclic) bond motifs is 8. The minimum atomic E-state index is -1.19. The fourth-order valence-corrected chi connectivity index (χ4v) is 9.74. The smallest absolute Gasteiger partial charge is 0.335 e. The highest BCUT2D eigenvalue weighted by Crippen LogP contribution is 2.69. The number of Topliss-reactive ketones (excluding diaryl/α,β-unsaturated/α-hetero) is 1. The van der Waals surface area contributed by atoms with Crippen LogP contribution in [0, 0.1) is 28.6 Å². The maximum atomic E-state index is 13.8. The van der Waals surface area contributed by atoms with Crippen LogP contribution in [0.2, 0.25) is 0 Å². The molecular weight excluding hydrogens is 550 g/mol. The molecule has 0 bridgehead atoms. The summed E-state index contributed by atoms with van der Waals surface area (Å²) in [7, 11) is 0. The number of hydrogen-bond donors (Lipinski definition) is 2. The van der Waals surface area contributed by atoms with E-state index in [0.717, 1.165) is 24.1 Å². The molecule has 2 N–H and O–H groups in total. The van der Waals surface area contributed by atoms with E-state index in [2.05, 4.69) is 19.9 Å². The zero-order valence-corrected chi connectivity index (χ0v) is 24.9. The molecule has 43 heavy (non-hydrogen) atoms. The Bertz CT molecular complexity index is 1630. The van der Waals surface area contributed by atoms with Gasteiger partial charge in [0.15, 0.2) is 18.0 Å². The first-order valence-corrected chi connectivity index (χ1v) is 15.1. The van der Waals surface area contributed by atoms with Crippen molar-refractivity contribution in [1.82, 2.24) is 9.78 Å². The van der Waals surface area contributed by atoms with Crippen molar-refractivity contribution in [3.8, 4) is 5.69 Å². The number of nitrogens with zero attached hydrogens (tertiary/aromatic N) is 3. The molecule has 0 radical (unpaired) electrons. The highest BCUT2D eigenvalue weighted by molar-refractivity contribution is 5.97. The molecule has 8 atom stereocenters. The molecule has 0 amide bonds. The Morgan fingerprint density at radius 3 is 2.77 bits per heavy atom. The van der Waals surface area contributed by atoms with Gasteiger partial charge in [0.05, 0.1) is 23.0 Å². The molecule has 0 spiro atoms. The molecule has 1 aromatic heterocycles. The van der Waals surface area contributed by atoms with Crippen LogP contribution in [-0.2, 0) is 25.5 Å². The number of esters is 1. The van der Waals surface area contributed by atoms with E-state index in [-0.39, 0.29) is 41.1 Å². The average Bonchev–Trinajstić information content (AvgIpc) is 3.58. The van der Waals surface area contributed by atoms with E-state index < -0.39 is 35.1 Å². The van der Waals surface area contributed by atoms with Crippen LogP contribution in [-0.4, -0.2) is 68.0 Å². The molecule has 2 aromatic rings. The first kappa shape index (κ1) is 28.0. The van der Waals surface area contributed by atoms with E-state index in [1.807, 2.05) is 12.3 Å². The van der Waals surface area contributed by atoms with Crippen molar-refractivity contribution in [1.29, 1.82) is 0 Å². The second kappa shape index (κ2) is 9.35. The Hall–Kier alpha value is -3.79. The van der Waals surface area contributed by atoms with Crippen LogP contribution >= 0.6 is 0 Å².